The van der Waals surface area contributed by atoms with Crippen LogP contribution < -0.4 is 5.56 Å². The lowest BCUT2D eigenvalue weighted by Crippen LogP contribution is -2.09. The number of nitrogens with one attached hydrogen (secondary N) is 1. The van der Waals surface area contributed by atoms with Gasteiger partial charge in [0.2, 0.25) is 0 Å². The molecule has 2 aromatic rings. The van der Waals surface area contributed by atoms with E-state index >= 15 is 0 Å². The third-order valence-corrected chi connectivity index (χ3v) is 3.40. The molecule has 6 heteroatoms. The number of hydrogen-bond acceptors (Lipinski definition) is 1. The lowest BCUT2D eigenvalue weighted by Gasteiger charge is -2.09. The number of halogens is 3. The monoisotopic (exact) mass is 268 g/mol. The average molecular weight is 268 g/mol. The highest BCUT2D eigenvalue weighted by molar-refractivity contribution is 5.39. The van der Waals surface area contributed by atoms with Crippen molar-refractivity contribution in [3.63, 3.8) is 0 Å². The van der Waals surface area contributed by atoms with Crippen LogP contribution >= 0.6 is 0 Å². The van der Waals surface area contributed by atoms with Crippen LogP contribution in [0.15, 0.2) is 29.1 Å². The summed E-state index contributed by atoms with van der Waals surface area (Å²) >= 11 is 0. The third kappa shape index (κ3) is 1.97. The Labute approximate surface area is 106 Å². The Morgan fingerprint density at radius 3 is 2.42 bits per heavy atom. The largest absolute Gasteiger partial charge is 0.416 e. The van der Waals surface area contributed by atoms with Gasteiger partial charge in [-0.1, -0.05) is 0 Å². The van der Waals surface area contributed by atoms with Gasteiger partial charge in [-0.05, 0) is 43.5 Å². The van der Waals surface area contributed by atoms with E-state index < -0.39 is 11.7 Å². The van der Waals surface area contributed by atoms with Gasteiger partial charge in [-0.15, -0.1) is 0 Å². The second kappa shape index (κ2) is 4.01. The standard InChI is InChI=1S/C13H11F3N2O/c14-13(15,16)8-4-6-9(7-5-8)18-11-3-1-2-10(11)12(19)17-18/h4-7H,1-3H2,(H,17,19). The molecule has 0 amide bonds. The topological polar surface area (TPSA) is 37.8 Å². The lowest BCUT2D eigenvalue weighted by atomic mass is 10.2. The predicted octanol–water partition coefficient (Wildman–Crippen LogP) is 2.67. The molecule has 0 spiro atoms. The van der Waals surface area contributed by atoms with Gasteiger partial charge in [0.25, 0.3) is 5.56 Å². The van der Waals surface area contributed by atoms with E-state index in [-0.39, 0.29) is 5.56 Å². The first kappa shape index (κ1) is 12.1. The molecule has 0 atom stereocenters. The van der Waals surface area contributed by atoms with E-state index in [0.29, 0.717) is 5.69 Å². The Morgan fingerprint density at radius 2 is 1.79 bits per heavy atom. The van der Waals surface area contributed by atoms with E-state index in [0.717, 1.165) is 42.7 Å². The molecule has 1 aliphatic carbocycles. The summed E-state index contributed by atoms with van der Waals surface area (Å²) in [4.78, 5) is 11.7. The van der Waals surface area contributed by atoms with Crippen LogP contribution in [-0.2, 0) is 19.0 Å². The van der Waals surface area contributed by atoms with Crippen LogP contribution in [0.2, 0.25) is 0 Å². The maximum absolute atomic E-state index is 12.5. The molecule has 0 aliphatic heterocycles. The summed E-state index contributed by atoms with van der Waals surface area (Å²) < 4.78 is 39.0. The van der Waals surface area contributed by atoms with Crippen molar-refractivity contribution in [2.24, 2.45) is 0 Å². The van der Waals surface area contributed by atoms with Gasteiger partial charge in [-0.3, -0.25) is 14.6 Å². The first-order valence-electron chi connectivity index (χ1n) is 5.97. The van der Waals surface area contributed by atoms with Gasteiger partial charge in [-0.25, -0.2) is 0 Å². The highest BCUT2D eigenvalue weighted by Crippen LogP contribution is 2.30. The van der Waals surface area contributed by atoms with E-state index in [1.807, 2.05) is 0 Å². The molecule has 3 rings (SSSR count). The van der Waals surface area contributed by atoms with E-state index in [9.17, 15) is 18.0 Å². The molecule has 0 radical (unpaired) electrons. The quantitative estimate of drug-likeness (QED) is 0.848. The maximum atomic E-state index is 12.5. The number of hydrogen-bond donors (Lipinski definition) is 1. The summed E-state index contributed by atoms with van der Waals surface area (Å²) in [6.07, 6.45) is -1.92. The Balaban J connectivity index is 2.04. The minimum absolute atomic E-state index is 0.146. The Morgan fingerprint density at radius 1 is 1.11 bits per heavy atom. The van der Waals surface area contributed by atoms with Crippen LogP contribution in [0.4, 0.5) is 13.2 Å². The minimum atomic E-state index is -4.34. The highest BCUT2D eigenvalue weighted by Gasteiger charge is 2.30. The van der Waals surface area contributed by atoms with Gasteiger partial charge >= 0.3 is 6.18 Å². The lowest BCUT2D eigenvalue weighted by molar-refractivity contribution is -0.137. The van der Waals surface area contributed by atoms with Gasteiger partial charge in [0, 0.05) is 11.3 Å². The van der Waals surface area contributed by atoms with Gasteiger partial charge in [0.05, 0.1) is 11.3 Å². The number of H-pyrrole nitrogens is 1. The number of benzene rings is 1. The number of alkyl halides is 3. The van der Waals surface area contributed by atoms with Crippen molar-refractivity contribution in [2.75, 3.05) is 0 Å². The summed E-state index contributed by atoms with van der Waals surface area (Å²) in [5, 5.41) is 2.67. The Kier molecular flexibility index (Phi) is 2.55. The van der Waals surface area contributed by atoms with Crippen LogP contribution in [-0.4, -0.2) is 9.78 Å². The first-order valence-corrected chi connectivity index (χ1v) is 5.97. The summed E-state index contributed by atoms with van der Waals surface area (Å²) in [5.41, 5.74) is 1.34. The molecule has 0 saturated heterocycles. The Bertz CT molecular complexity index is 665. The SMILES string of the molecule is O=c1[nH]n(-c2ccc(C(F)(F)F)cc2)c2c1CCC2. The fourth-order valence-corrected chi connectivity index (χ4v) is 2.48. The predicted molar refractivity (Wildman–Crippen MR) is 63.4 cm³/mol. The van der Waals surface area contributed by atoms with E-state index in [2.05, 4.69) is 5.10 Å². The molecule has 100 valence electrons. The summed E-state index contributed by atoms with van der Waals surface area (Å²) in [6, 6.07) is 4.79. The van der Waals surface area contributed by atoms with Crippen molar-refractivity contribution >= 4 is 0 Å². The van der Waals surface area contributed by atoms with Crippen molar-refractivity contribution in [3.8, 4) is 5.69 Å². The molecule has 1 heterocycles. The van der Waals surface area contributed by atoms with Crippen molar-refractivity contribution in [3.05, 3.63) is 51.4 Å². The second-order valence-corrected chi connectivity index (χ2v) is 4.60. The molecular weight excluding hydrogens is 257 g/mol. The number of nitrogens with zero attached hydrogens (tertiary/aromatic N) is 1. The first-order chi connectivity index (χ1) is 8.97. The zero-order valence-corrected chi connectivity index (χ0v) is 9.92. The van der Waals surface area contributed by atoms with Crippen LogP contribution in [0.1, 0.15) is 23.2 Å². The molecule has 0 saturated carbocycles. The van der Waals surface area contributed by atoms with Crippen LogP contribution in [0.5, 0.6) is 0 Å². The fourth-order valence-electron chi connectivity index (χ4n) is 2.48. The number of fused-ring (bicyclic) bond motifs is 1. The minimum Gasteiger partial charge on any atom is -0.268 e. The zero-order chi connectivity index (χ0) is 13.6. The molecule has 0 unspecified atom stereocenters. The van der Waals surface area contributed by atoms with Crippen LogP contribution in [0.25, 0.3) is 5.69 Å². The van der Waals surface area contributed by atoms with Crippen molar-refractivity contribution in [2.45, 2.75) is 25.4 Å². The maximum Gasteiger partial charge on any atom is 0.416 e. The average Bonchev–Trinajstić information content (AvgIpc) is 2.93. The van der Waals surface area contributed by atoms with Gasteiger partial charge < -0.3 is 0 Å². The zero-order valence-electron chi connectivity index (χ0n) is 9.92. The summed E-state index contributed by atoms with van der Waals surface area (Å²) in [6.45, 7) is 0. The van der Waals surface area contributed by atoms with Crippen molar-refractivity contribution < 1.29 is 13.2 Å². The molecule has 3 nitrogen and oxygen atoms in total. The smallest absolute Gasteiger partial charge is 0.268 e. The molecule has 1 N–H and O–H groups in total. The molecule has 1 aliphatic rings. The van der Waals surface area contributed by atoms with Crippen molar-refractivity contribution in [1.82, 2.24) is 9.78 Å². The van der Waals surface area contributed by atoms with Gasteiger partial charge in [-0.2, -0.15) is 13.2 Å². The Hall–Kier alpha value is -1.98. The number of aromatic amines is 1. The van der Waals surface area contributed by atoms with Gasteiger partial charge in [0.1, 0.15) is 0 Å². The molecule has 0 fully saturated rings. The second-order valence-electron chi connectivity index (χ2n) is 4.60. The highest BCUT2D eigenvalue weighted by atomic mass is 19.4. The van der Waals surface area contributed by atoms with Crippen molar-refractivity contribution in [1.29, 1.82) is 0 Å². The van der Waals surface area contributed by atoms with E-state index in [1.54, 1.807) is 4.68 Å². The summed E-state index contributed by atoms with van der Waals surface area (Å²) in [7, 11) is 0. The molecule has 19 heavy (non-hydrogen) atoms. The van der Waals surface area contributed by atoms with Crippen LogP contribution in [0.3, 0.4) is 0 Å². The number of aromatic nitrogens is 2. The van der Waals surface area contributed by atoms with E-state index in [4.69, 9.17) is 0 Å². The van der Waals surface area contributed by atoms with Gasteiger partial charge in [0.15, 0.2) is 0 Å². The molecule has 1 aromatic heterocycles. The molecular formula is C13H11F3N2O. The van der Waals surface area contributed by atoms with Crippen LogP contribution in [0, 0.1) is 0 Å². The van der Waals surface area contributed by atoms with E-state index in [1.165, 1.54) is 12.1 Å². The normalized spacial score (nSPS) is 14.7. The third-order valence-electron chi connectivity index (χ3n) is 3.40. The number of rotatable bonds is 1. The summed E-state index contributed by atoms with van der Waals surface area (Å²) in [5.74, 6) is 0. The molecule has 1 aromatic carbocycles. The fraction of sp³-hybridized carbons (Fsp3) is 0.308. The molecule has 0 bridgehead atoms.